The Bertz CT molecular complexity index is 3320. The summed E-state index contributed by atoms with van der Waals surface area (Å²) in [7, 11) is 0. The molecule has 7 aromatic carbocycles. The maximum absolute atomic E-state index is 12.6. The molecule has 0 unspecified atom stereocenters. The molecule has 0 bridgehead atoms. The van der Waals surface area contributed by atoms with Gasteiger partial charge in [-0.05, 0) is 86.8 Å². The van der Waals surface area contributed by atoms with E-state index in [-0.39, 0.29) is 43.1 Å². The topological polar surface area (TPSA) is 50.9 Å². The molecule has 1 N–H and O–H groups in total. The zero-order valence-corrected chi connectivity index (χ0v) is 41.5. The molecule has 4 nitrogen and oxygen atoms in total. The van der Waals surface area contributed by atoms with Crippen molar-refractivity contribution in [3.63, 3.8) is 0 Å². The first-order valence-electron chi connectivity index (χ1n) is 24.0. The van der Waals surface area contributed by atoms with E-state index in [9.17, 15) is 5.11 Å². The summed E-state index contributed by atoms with van der Waals surface area (Å²) in [6, 6.07) is 57.3. The Hall–Kier alpha value is -6.35. The molecular weight excluding hydrogens is 986 g/mol. The number of para-hydroxylation sites is 1. The van der Waals surface area contributed by atoms with E-state index >= 15 is 0 Å². The van der Waals surface area contributed by atoms with Crippen LogP contribution in [0.15, 0.2) is 164 Å². The molecule has 2 heterocycles. The molecule has 0 radical (unpaired) electrons. The number of rotatable bonds is 7. The molecule has 0 atom stereocenters. The van der Waals surface area contributed by atoms with Gasteiger partial charge in [0.05, 0.1) is 22.3 Å². The van der Waals surface area contributed by atoms with Crippen LogP contribution in [0.4, 0.5) is 0 Å². The molecule has 0 fully saturated rings. The van der Waals surface area contributed by atoms with Crippen molar-refractivity contribution in [2.45, 2.75) is 85.4 Å². The monoisotopic (exact) mass is 1050 g/mol. The second-order valence-corrected chi connectivity index (χ2v) is 20.3. The Labute approximate surface area is 410 Å². The standard InChI is InChI=1S/C61H58N3O.Pt/c1-39-24-26-41(27-25-39)43-30-31-62-53(35-43)46-33-44(40-18-13-11-14-19-40)32-45(34-46)49-22-17-23-55-56(49)63-58(51-37-48(60(5,6)7)38-52(57(51)65)61(8,9)10)64(55)54-29-28-47(59(2,3)4)36-50(54)42-20-15-12-16-21-42;/h11-33,35-38,65H,1-10H3;/q-1;/i1D3;. The number of imidazole rings is 1. The molecule has 0 spiro atoms. The van der Waals surface area contributed by atoms with Crippen LogP contribution in [0.2, 0.25) is 0 Å². The van der Waals surface area contributed by atoms with E-state index in [2.05, 4.69) is 170 Å². The van der Waals surface area contributed by atoms with E-state index in [1.807, 2.05) is 48.5 Å². The molecule has 334 valence electrons. The van der Waals surface area contributed by atoms with Crippen LogP contribution in [-0.4, -0.2) is 19.6 Å². The number of aromatic hydroxyl groups is 1. The van der Waals surface area contributed by atoms with Gasteiger partial charge < -0.3 is 5.11 Å². The summed E-state index contributed by atoms with van der Waals surface area (Å²) >= 11 is 0. The summed E-state index contributed by atoms with van der Waals surface area (Å²) in [4.78, 5) is 10.5. The number of phenolic OH excluding ortho intramolecular Hbond substituents is 1. The van der Waals surface area contributed by atoms with Gasteiger partial charge >= 0.3 is 0 Å². The van der Waals surface area contributed by atoms with Gasteiger partial charge in [0.2, 0.25) is 0 Å². The van der Waals surface area contributed by atoms with Gasteiger partial charge in [-0.1, -0.05) is 200 Å². The molecule has 0 aliphatic rings. The summed E-state index contributed by atoms with van der Waals surface area (Å²) in [5.74, 6) is 0.857. The number of pyridine rings is 1. The Morgan fingerprint density at radius 1 is 0.530 bits per heavy atom. The minimum Gasteiger partial charge on any atom is -0.507 e. The number of nitrogens with zero attached hydrogens (tertiary/aromatic N) is 3. The fraction of sp³-hybridized carbons (Fsp3) is 0.213. The predicted octanol–water partition coefficient (Wildman–Crippen LogP) is 16.1. The van der Waals surface area contributed by atoms with Gasteiger partial charge in [-0.3, -0.25) is 9.55 Å². The number of hydrogen-bond donors (Lipinski definition) is 1. The molecule has 9 aromatic rings. The largest absolute Gasteiger partial charge is 0.507 e. The van der Waals surface area contributed by atoms with E-state index in [1.54, 1.807) is 18.3 Å². The van der Waals surface area contributed by atoms with E-state index in [1.165, 1.54) is 5.56 Å². The van der Waals surface area contributed by atoms with Crippen molar-refractivity contribution in [2.24, 2.45) is 0 Å². The first-order valence-corrected chi connectivity index (χ1v) is 22.5. The zero-order chi connectivity index (χ0) is 48.3. The summed E-state index contributed by atoms with van der Waals surface area (Å²) in [6.45, 7) is 17.6. The van der Waals surface area contributed by atoms with Crippen LogP contribution in [0.1, 0.15) is 88.7 Å². The third kappa shape index (κ3) is 9.09. The molecule has 9 rings (SSSR count). The van der Waals surface area contributed by atoms with Gasteiger partial charge in [0, 0.05) is 48.2 Å². The van der Waals surface area contributed by atoms with Crippen LogP contribution < -0.4 is 0 Å². The molecule has 5 heteroatoms. The molecule has 0 saturated heterocycles. The van der Waals surface area contributed by atoms with Gasteiger partial charge in [0.15, 0.2) is 0 Å². The van der Waals surface area contributed by atoms with Gasteiger partial charge in [0.25, 0.3) is 0 Å². The SMILES string of the molecule is [2H]C([2H])([2H])c1ccc(-c2ccnc(-c3[c-]c(-c4cccc5c4nc(-c4cc(C(C)(C)C)cc(C(C)(C)C)c4O)n5-c4ccc(C(C)(C)C)cc4-c4ccccc4)cc(-c4ccccc4)c3)c2)cc1.[Pt]. The van der Waals surface area contributed by atoms with Crippen LogP contribution in [0.5, 0.6) is 5.75 Å². The minimum absolute atomic E-state index is 0. The fourth-order valence-corrected chi connectivity index (χ4v) is 8.67. The quantitative estimate of drug-likeness (QED) is 0.162. The van der Waals surface area contributed by atoms with Crippen LogP contribution >= 0.6 is 0 Å². The van der Waals surface area contributed by atoms with Gasteiger partial charge in [-0.25, -0.2) is 4.98 Å². The summed E-state index contributed by atoms with van der Waals surface area (Å²) < 4.78 is 25.9. The smallest absolute Gasteiger partial charge is 0.148 e. The van der Waals surface area contributed by atoms with E-state index in [0.717, 1.165) is 83.6 Å². The van der Waals surface area contributed by atoms with Gasteiger partial charge in [-0.15, -0.1) is 23.8 Å². The third-order valence-corrected chi connectivity index (χ3v) is 12.4. The number of hydrogen-bond acceptors (Lipinski definition) is 3. The number of fused-ring (bicyclic) bond motifs is 1. The van der Waals surface area contributed by atoms with E-state index < -0.39 is 6.85 Å². The molecule has 0 amide bonds. The third-order valence-electron chi connectivity index (χ3n) is 12.4. The Morgan fingerprint density at radius 2 is 1.17 bits per heavy atom. The van der Waals surface area contributed by atoms with Crippen molar-refractivity contribution in [1.29, 1.82) is 0 Å². The zero-order valence-electron chi connectivity index (χ0n) is 42.2. The number of aryl methyl sites for hydroxylation is 1. The first kappa shape index (κ1) is 42.3. The molecule has 66 heavy (non-hydrogen) atoms. The summed E-state index contributed by atoms with van der Waals surface area (Å²) in [5.41, 5.74) is 15.3. The first-order chi connectivity index (χ1) is 32.1. The number of phenols is 1. The average Bonchev–Trinajstić information content (AvgIpc) is 3.70. The maximum atomic E-state index is 12.6. The molecule has 0 aliphatic heterocycles. The normalized spacial score (nSPS) is 12.9. The Kier molecular flexibility index (Phi) is 11.4. The van der Waals surface area contributed by atoms with Crippen molar-refractivity contribution in [3.05, 3.63) is 192 Å². The summed E-state index contributed by atoms with van der Waals surface area (Å²) in [5, 5.41) is 12.6. The predicted molar refractivity (Wildman–Crippen MR) is 273 cm³/mol. The number of benzene rings is 7. The van der Waals surface area contributed by atoms with Crippen LogP contribution in [0, 0.1) is 12.9 Å². The maximum Gasteiger partial charge on any atom is 0.148 e. The van der Waals surface area contributed by atoms with Crippen molar-refractivity contribution in [1.82, 2.24) is 14.5 Å². The van der Waals surface area contributed by atoms with Crippen molar-refractivity contribution in [2.75, 3.05) is 0 Å². The van der Waals surface area contributed by atoms with Gasteiger partial charge in [0.1, 0.15) is 11.6 Å². The minimum atomic E-state index is -2.18. The van der Waals surface area contributed by atoms with Crippen molar-refractivity contribution in [3.8, 4) is 78.6 Å². The van der Waals surface area contributed by atoms with Crippen LogP contribution in [0.25, 0.3) is 83.9 Å². The average molecular weight is 1050 g/mol. The molecule has 0 saturated carbocycles. The van der Waals surface area contributed by atoms with Crippen LogP contribution in [-0.2, 0) is 37.3 Å². The summed E-state index contributed by atoms with van der Waals surface area (Å²) in [6.07, 6.45) is 1.79. The second-order valence-electron chi connectivity index (χ2n) is 20.3. The van der Waals surface area contributed by atoms with Gasteiger partial charge in [-0.2, -0.15) is 0 Å². The second kappa shape index (κ2) is 17.8. The number of aromatic nitrogens is 3. The van der Waals surface area contributed by atoms with E-state index in [0.29, 0.717) is 17.0 Å². The van der Waals surface area contributed by atoms with Crippen LogP contribution in [0.3, 0.4) is 0 Å². The van der Waals surface area contributed by atoms with Crippen molar-refractivity contribution < 1.29 is 30.3 Å². The molecule has 0 aliphatic carbocycles. The molecular formula is C61H58N3OPt-. The van der Waals surface area contributed by atoms with Crippen molar-refractivity contribution >= 4 is 11.0 Å². The Balaban J connectivity index is 0.00000642. The Morgan fingerprint density at radius 3 is 1.82 bits per heavy atom. The molecule has 2 aromatic heterocycles. The fourth-order valence-electron chi connectivity index (χ4n) is 8.67. The van der Waals surface area contributed by atoms with E-state index in [4.69, 9.17) is 14.1 Å².